The molecule has 4 aliphatic heterocycles. The van der Waals surface area contributed by atoms with Crippen LogP contribution in [0.25, 0.3) is 32.1 Å². The molecule has 3 N–H and O–H groups in total. The van der Waals surface area contributed by atoms with Gasteiger partial charge in [0.2, 0.25) is 0 Å². The third-order valence-corrected chi connectivity index (χ3v) is 11.6. The lowest BCUT2D eigenvalue weighted by Crippen LogP contribution is -2.65. The fourth-order valence-corrected chi connectivity index (χ4v) is 9.26. The Kier molecular flexibility index (Phi) is 6.65. The molecule has 8 nitrogen and oxygen atoms in total. The van der Waals surface area contributed by atoms with E-state index in [1.54, 1.807) is 6.07 Å². The molecule has 0 radical (unpaired) electrons. The first-order valence-electron chi connectivity index (χ1n) is 15.3. The van der Waals surface area contributed by atoms with Crippen molar-refractivity contribution in [1.82, 2.24) is 20.2 Å². The van der Waals surface area contributed by atoms with E-state index in [0.29, 0.717) is 23.4 Å². The van der Waals surface area contributed by atoms with Crippen molar-refractivity contribution >= 4 is 54.7 Å². The number of halogens is 3. The Bertz CT molecular complexity index is 1860. The number of piperidine rings is 1. The van der Waals surface area contributed by atoms with Crippen molar-refractivity contribution in [2.75, 3.05) is 50.0 Å². The molecular weight excluding hydrogens is 604 g/mol. The Balaban J connectivity index is 1.29. The van der Waals surface area contributed by atoms with Crippen LogP contribution in [0.5, 0.6) is 6.01 Å². The number of nitriles is 1. The van der Waals surface area contributed by atoms with E-state index < -0.39 is 11.6 Å². The average molecular weight is 636 g/mol. The van der Waals surface area contributed by atoms with E-state index in [0.717, 1.165) is 89.0 Å². The van der Waals surface area contributed by atoms with Gasteiger partial charge in [0.25, 0.3) is 0 Å². The molecule has 0 aliphatic carbocycles. The van der Waals surface area contributed by atoms with Gasteiger partial charge in [0.1, 0.15) is 34.8 Å². The van der Waals surface area contributed by atoms with Crippen LogP contribution in [-0.4, -0.2) is 65.3 Å². The maximum Gasteiger partial charge on any atom is 0.319 e. The molecule has 0 saturated carbocycles. The van der Waals surface area contributed by atoms with Crippen LogP contribution in [0.2, 0.25) is 5.02 Å². The summed E-state index contributed by atoms with van der Waals surface area (Å²) in [6.45, 7) is 5.08. The van der Waals surface area contributed by atoms with E-state index in [1.807, 2.05) is 0 Å². The number of hydrogen-bond acceptors (Lipinski definition) is 9. The Morgan fingerprint density at radius 3 is 2.61 bits per heavy atom. The zero-order valence-electron chi connectivity index (χ0n) is 24.2. The quantitative estimate of drug-likeness (QED) is 0.266. The van der Waals surface area contributed by atoms with Gasteiger partial charge in [0.15, 0.2) is 5.82 Å². The van der Waals surface area contributed by atoms with Gasteiger partial charge in [-0.2, -0.15) is 15.2 Å². The molecule has 228 valence electrons. The molecule has 1 atom stereocenters. The van der Waals surface area contributed by atoms with Crippen LogP contribution >= 0.6 is 22.9 Å². The summed E-state index contributed by atoms with van der Waals surface area (Å²) in [5, 5.41) is 14.5. The zero-order valence-corrected chi connectivity index (χ0v) is 25.8. The number of nitrogen functional groups attached to an aromatic ring is 1. The van der Waals surface area contributed by atoms with Gasteiger partial charge in [0.05, 0.1) is 20.8 Å². The molecule has 2 aromatic heterocycles. The van der Waals surface area contributed by atoms with Gasteiger partial charge in [-0.25, -0.2) is 8.78 Å². The van der Waals surface area contributed by atoms with E-state index in [2.05, 4.69) is 26.2 Å². The summed E-state index contributed by atoms with van der Waals surface area (Å²) in [6.07, 6.45) is 7.54. The number of aromatic nitrogens is 2. The highest BCUT2D eigenvalue weighted by atomic mass is 35.5. The fourth-order valence-electron chi connectivity index (χ4n) is 8.02. The van der Waals surface area contributed by atoms with Gasteiger partial charge < -0.3 is 20.7 Å². The van der Waals surface area contributed by atoms with E-state index in [1.165, 1.54) is 12.1 Å². The Labute approximate surface area is 262 Å². The van der Waals surface area contributed by atoms with Crippen LogP contribution in [0.3, 0.4) is 0 Å². The number of thiophene rings is 1. The number of nitrogens with zero attached hydrogens (tertiary/aromatic N) is 5. The van der Waals surface area contributed by atoms with E-state index >= 15 is 4.39 Å². The van der Waals surface area contributed by atoms with Crippen molar-refractivity contribution in [2.24, 2.45) is 0 Å². The van der Waals surface area contributed by atoms with Gasteiger partial charge in [-0.1, -0.05) is 17.7 Å². The van der Waals surface area contributed by atoms with E-state index in [4.69, 9.17) is 27.1 Å². The number of anilines is 2. The summed E-state index contributed by atoms with van der Waals surface area (Å²) in [5.41, 5.74) is 6.60. The van der Waals surface area contributed by atoms with Gasteiger partial charge >= 0.3 is 6.01 Å². The standard InChI is InChI=1S/C32H32ClF2N7OS/c33-21-14-19-26(25(35)24(21)18-4-5-22(34)27-23(18)20(15-36)28(37)44-27)39-30(43-17-32-7-2-12-42(32)13-3-8-32)40-29(19)41-11-1-6-31(16-41)9-10-38-31/h4-5,14,38H,1-3,6-13,16-17,37H2. The molecule has 0 bridgehead atoms. The molecule has 2 aromatic carbocycles. The predicted molar refractivity (Wildman–Crippen MR) is 169 cm³/mol. The minimum Gasteiger partial charge on any atom is -0.461 e. The SMILES string of the molecule is N#Cc1c(N)sc2c(F)ccc(-c3c(Cl)cc4c(N5CCCC6(CCN6)C5)nc(OCC56CCCN5CCC6)nc4c3F)c12. The monoisotopic (exact) mass is 635 g/mol. The van der Waals surface area contributed by atoms with Crippen molar-refractivity contribution in [3.05, 3.63) is 40.4 Å². The summed E-state index contributed by atoms with van der Waals surface area (Å²) in [7, 11) is 0. The number of nitrogens with two attached hydrogens (primary N) is 1. The number of rotatable bonds is 5. The molecule has 8 rings (SSSR count). The number of fused-ring (bicyclic) bond motifs is 3. The number of hydrogen-bond donors (Lipinski definition) is 2. The molecule has 6 heterocycles. The minimum absolute atomic E-state index is 0.0261. The molecule has 1 spiro atoms. The Morgan fingerprint density at radius 2 is 1.89 bits per heavy atom. The van der Waals surface area contributed by atoms with E-state index in [-0.39, 0.29) is 53.8 Å². The first kappa shape index (κ1) is 28.2. The van der Waals surface area contributed by atoms with Gasteiger partial charge in [0, 0.05) is 35.0 Å². The highest BCUT2D eigenvalue weighted by molar-refractivity contribution is 7.23. The predicted octanol–water partition coefficient (Wildman–Crippen LogP) is 6.24. The maximum atomic E-state index is 16.9. The third kappa shape index (κ3) is 4.25. The minimum atomic E-state index is -0.669. The lowest BCUT2D eigenvalue weighted by molar-refractivity contribution is 0.107. The van der Waals surface area contributed by atoms with Crippen molar-refractivity contribution in [1.29, 1.82) is 5.26 Å². The van der Waals surface area contributed by atoms with E-state index in [9.17, 15) is 9.65 Å². The van der Waals surface area contributed by atoms with Crippen molar-refractivity contribution in [3.63, 3.8) is 0 Å². The fraction of sp³-hybridized carbons (Fsp3) is 0.469. The molecule has 0 amide bonds. The lowest BCUT2D eigenvalue weighted by Gasteiger charge is -2.50. The van der Waals surface area contributed by atoms with Crippen molar-refractivity contribution in [2.45, 2.75) is 56.0 Å². The average Bonchev–Trinajstić information content (AvgIpc) is 3.69. The first-order valence-corrected chi connectivity index (χ1v) is 16.5. The summed E-state index contributed by atoms with van der Waals surface area (Å²) in [5.74, 6) is -0.605. The van der Waals surface area contributed by atoms with Crippen LogP contribution in [0.4, 0.5) is 19.6 Å². The normalized spacial score (nSPS) is 22.9. The highest BCUT2D eigenvalue weighted by Gasteiger charge is 2.45. The second-order valence-electron chi connectivity index (χ2n) is 12.7. The molecule has 12 heteroatoms. The zero-order chi connectivity index (χ0) is 30.2. The Morgan fingerprint density at radius 1 is 1.11 bits per heavy atom. The second kappa shape index (κ2) is 10.4. The lowest BCUT2D eigenvalue weighted by atomic mass is 9.80. The van der Waals surface area contributed by atoms with Crippen LogP contribution in [0, 0.1) is 23.0 Å². The third-order valence-electron chi connectivity index (χ3n) is 10.3. The topological polar surface area (TPSA) is 103 Å². The van der Waals surface area contributed by atoms with Crippen LogP contribution < -0.4 is 20.7 Å². The second-order valence-corrected chi connectivity index (χ2v) is 14.2. The van der Waals surface area contributed by atoms with Crippen LogP contribution in [-0.2, 0) is 0 Å². The first-order chi connectivity index (χ1) is 21.3. The molecular formula is C32H32ClF2N7OS. The molecule has 4 aromatic rings. The molecule has 1 unspecified atom stereocenters. The van der Waals surface area contributed by atoms with Crippen LogP contribution in [0.1, 0.15) is 50.5 Å². The maximum absolute atomic E-state index is 16.9. The molecule has 4 saturated heterocycles. The summed E-state index contributed by atoms with van der Waals surface area (Å²) >= 11 is 7.83. The highest BCUT2D eigenvalue weighted by Crippen LogP contribution is 2.46. The number of benzene rings is 2. The number of ether oxygens (including phenoxy) is 1. The number of nitrogens with one attached hydrogen (secondary N) is 1. The Hall–Kier alpha value is -3.30. The van der Waals surface area contributed by atoms with Gasteiger partial charge in [-0.05, 0) is 82.3 Å². The van der Waals surface area contributed by atoms with Crippen molar-refractivity contribution in [3.8, 4) is 23.2 Å². The molecule has 4 aliphatic rings. The summed E-state index contributed by atoms with van der Waals surface area (Å²) < 4.78 is 38.3. The smallest absolute Gasteiger partial charge is 0.319 e. The van der Waals surface area contributed by atoms with Gasteiger partial charge in [-0.15, -0.1) is 11.3 Å². The summed E-state index contributed by atoms with van der Waals surface area (Å²) in [4.78, 5) is 14.3. The molecule has 44 heavy (non-hydrogen) atoms. The summed E-state index contributed by atoms with van der Waals surface area (Å²) in [6, 6.07) is 6.59. The van der Waals surface area contributed by atoms with Crippen LogP contribution in [0.15, 0.2) is 18.2 Å². The van der Waals surface area contributed by atoms with Gasteiger partial charge in [-0.3, -0.25) is 4.90 Å². The largest absolute Gasteiger partial charge is 0.461 e. The van der Waals surface area contributed by atoms with Crippen molar-refractivity contribution < 1.29 is 13.5 Å². The molecule has 4 fully saturated rings.